The highest BCUT2D eigenvalue weighted by molar-refractivity contribution is 6.51. The van der Waals surface area contributed by atoms with Crippen molar-refractivity contribution in [3.05, 3.63) is 77.3 Å². The Balaban J connectivity index is 1.67. The van der Waals surface area contributed by atoms with Gasteiger partial charge in [0.15, 0.2) is 11.5 Å². The van der Waals surface area contributed by atoms with Crippen LogP contribution in [0.25, 0.3) is 5.76 Å². The summed E-state index contributed by atoms with van der Waals surface area (Å²) in [6.07, 6.45) is 1.46. The molecule has 33 heavy (non-hydrogen) atoms. The van der Waals surface area contributed by atoms with E-state index in [1.165, 1.54) is 11.2 Å². The highest BCUT2D eigenvalue weighted by Gasteiger charge is 2.48. The summed E-state index contributed by atoms with van der Waals surface area (Å²) in [5.41, 5.74) is 1.48. The zero-order valence-corrected chi connectivity index (χ0v) is 18.0. The fraction of sp³-hybridized carbons (Fsp3) is 0.200. The van der Waals surface area contributed by atoms with E-state index < -0.39 is 17.7 Å². The van der Waals surface area contributed by atoms with E-state index in [4.69, 9.17) is 18.6 Å². The van der Waals surface area contributed by atoms with Gasteiger partial charge in [0.25, 0.3) is 11.7 Å². The van der Waals surface area contributed by atoms with Crippen molar-refractivity contribution in [3.8, 4) is 17.2 Å². The molecular weight excluding hydrogens is 426 g/mol. The van der Waals surface area contributed by atoms with Crippen LogP contribution in [0.1, 0.15) is 22.9 Å². The number of fused-ring (bicyclic) bond motifs is 1. The number of Topliss-reactive ketones (excluding diaryl/α,β-unsaturated/α-hetero) is 1. The maximum atomic E-state index is 13.2. The summed E-state index contributed by atoms with van der Waals surface area (Å²) in [6.45, 7) is 2.61. The minimum Gasteiger partial charge on any atom is -0.507 e. The minimum absolute atomic E-state index is 0.0573. The number of carbonyl (C=O) groups excluding carboxylic acids is 2. The lowest BCUT2D eigenvalue weighted by Gasteiger charge is -2.25. The molecule has 1 saturated heterocycles. The zero-order chi connectivity index (χ0) is 23.1. The van der Waals surface area contributed by atoms with E-state index in [-0.39, 0.29) is 11.3 Å². The molecule has 3 aromatic rings. The highest BCUT2D eigenvalue weighted by atomic mass is 16.6. The summed E-state index contributed by atoms with van der Waals surface area (Å²) in [4.78, 5) is 27.7. The number of aliphatic hydroxyl groups excluding tert-OH is 1. The van der Waals surface area contributed by atoms with Gasteiger partial charge in [-0.05, 0) is 55.0 Å². The summed E-state index contributed by atoms with van der Waals surface area (Å²) < 4.78 is 22.0. The number of benzene rings is 2. The van der Waals surface area contributed by atoms with Crippen molar-refractivity contribution in [3.63, 3.8) is 0 Å². The van der Waals surface area contributed by atoms with Crippen molar-refractivity contribution in [1.29, 1.82) is 0 Å². The van der Waals surface area contributed by atoms with Gasteiger partial charge in [0.05, 0.1) is 18.9 Å². The number of ketones is 1. The molecular formula is C25H21NO7. The second-order valence-corrected chi connectivity index (χ2v) is 7.69. The highest BCUT2D eigenvalue weighted by Crippen LogP contribution is 2.45. The molecule has 1 N–H and O–H groups in total. The molecule has 1 atom stereocenters. The van der Waals surface area contributed by atoms with Crippen LogP contribution in [0.5, 0.6) is 17.2 Å². The summed E-state index contributed by atoms with van der Waals surface area (Å²) in [5, 5.41) is 11.2. The zero-order valence-electron chi connectivity index (χ0n) is 18.0. The van der Waals surface area contributed by atoms with Crippen LogP contribution in [0.15, 0.2) is 64.8 Å². The smallest absolute Gasteiger partial charge is 0.300 e. The van der Waals surface area contributed by atoms with Crippen molar-refractivity contribution >= 4 is 23.1 Å². The lowest BCUT2D eigenvalue weighted by Crippen LogP contribution is -2.29. The number of methoxy groups -OCH3 is 1. The number of aliphatic hydroxyl groups is 1. The van der Waals surface area contributed by atoms with Gasteiger partial charge in [0.2, 0.25) is 0 Å². The number of aryl methyl sites for hydroxylation is 1. The van der Waals surface area contributed by atoms with Gasteiger partial charge < -0.3 is 23.7 Å². The van der Waals surface area contributed by atoms with Crippen molar-refractivity contribution in [1.82, 2.24) is 0 Å². The van der Waals surface area contributed by atoms with Crippen LogP contribution in [0.2, 0.25) is 0 Å². The Morgan fingerprint density at radius 2 is 1.85 bits per heavy atom. The van der Waals surface area contributed by atoms with E-state index in [0.29, 0.717) is 53.0 Å². The first kappa shape index (κ1) is 20.7. The molecule has 3 heterocycles. The van der Waals surface area contributed by atoms with Gasteiger partial charge in [-0.15, -0.1) is 0 Å². The van der Waals surface area contributed by atoms with E-state index >= 15 is 0 Å². The number of anilines is 1. The molecule has 2 aromatic carbocycles. The Bertz CT molecular complexity index is 1280. The fourth-order valence-corrected chi connectivity index (χ4v) is 4.17. The third kappa shape index (κ3) is 3.40. The van der Waals surface area contributed by atoms with Crippen molar-refractivity contribution in [2.45, 2.75) is 13.0 Å². The number of furan rings is 1. The quantitative estimate of drug-likeness (QED) is 0.367. The molecule has 2 aliphatic rings. The number of ether oxygens (including phenoxy) is 3. The first-order valence-corrected chi connectivity index (χ1v) is 10.4. The first-order chi connectivity index (χ1) is 16.0. The van der Waals surface area contributed by atoms with Crippen LogP contribution in [-0.4, -0.2) is 37.1 Å². The molecule has 0 bridgehead atoms. The monoisotopic (exact) mass is 447 g/mol. The molecule has 168 valence electrons. The Kier molecular flexibility index (Phi) is 5.05. The molecule has 1 fully saturated rings. The Morgan fingerprint density at radius 1 is 1.06 bits per heavy atom. The Hall–Kier alpha value is -4.20. The molecule has 2 aliphatic heterocycles. The van der Waals surface area contributed by atoms with Crippen LogP contribution in [0.4, 0.5) is 5.69 Å². The second kappa shape index (κ2) is 8.05. The number of hydrogen-bond donors (Lipinski definition) is 1. The summed E-state index contributed by atoms with van der Waals surface area (Å²) in [7, 11) is 1.55. The van der Waals surface area contributed by atoms with E-state index in [2.05, 4.69) is 0 Å². The Morgan fingerprint density at radius 3 is 2.55 bits per heavy atom. The van der Waals surface area contributed by atoms with Crippen molar-refractivity contribution < 1.29 is 33.3 Å². The SMILES string of the molecule is COc1ccc(/C(O)=C2/C(=O)C(=O)N(c3ccc4c(c3)OCCO4)C2c2ccco2)c(C)c1. The summed E-state index contributed by atoms with van der Waals surface area (Å²) in [6, 6.07) is 12.5. The van der Waals surface area contributed by atoms with Gasteiger partial charge in [-0.3, -0.25) is 14.5 Å². The third-order valence-corrected chi connectivity index (χ3v) is 5.75. The molecule has 0 aliphatic carbocycles. The molecule has 0 saturated carbocycles. The van der Waals surface area contributed by atoms with Gasteiger partial charge in [0.1, 0.15) is 36.5 Å². The van der Waals surface area contributed by atoms with Gasteiger partial charge in [-0.25, -0.2) is 0 Å². The lowest BCUT2D eigenvalue weighted by molar-refractivity contribution is -0.132. The standard InChI is InChI=1S/C25H21NO7/c1-14-12-16(30-2)6-7-17(14)23(27)21-22(19-4-3-9-31-19)26(25(29)24(21)28)15-5-8-18-20(13-15)33-11-10-32-18/h3-9,12-13,22,27H,10-11H2,1-2H3/b23-21-. The molecule has 8 heteroatoms. The van der Waals surface area contributed by atoms with Crippen LogP contribution >= 0.6 is 0 Å². The molecule has 5 rings (SSSR count). The third-order valence-electron chi connectivity index (χ3n) is 5.75. The fourth-order valence-electron chi connectivity index (χ4n) is 4.17. The van der Waals surface area contributed by atoms with Gasteiger partial charge in [-0.2, -0.15) is 0 Å². The van der Waals surface area contributed by atoms with E-state index in [1.54, 1.807) is 62.6 Å². The molecule has 1 unspecified atom stereocenters. The normalized spacial score (nSPS) is 19.1. The maximum Gasteiger partial charge on any atom is 0.300 e. The molecule has 1 aromatic heterocycles. The van der Waals surface area contributed by atoms with Gasteiger partial charge in [0, 0.05) is 17.3 Å². The number of amides is 1. The predicted octanol–water partition coefficient (Wildman–Crippen LogP) is 3.99. The molecule has 0 radical (unpaired) electrons. The van der Waals surface area contributed by atoms with Gasteiger partial charge in [-0.1, -0.05) is 0 Å². The number of rotatable bonds is 4. The molecule has 0 spiro atoms. The predicted molar refractivity (Wildman–Crippen MR) is 119 cm³/mol. The van der Waals surface area contributed by atoms with Crippen LogP contribution < -0.4 is 19.1 Å². The number of hydrogen-bond acceptors (Lipinski definition) is 7. The van der Waals surface area contributed by atoms with E-state index in [1.807, 2.05) is 0 Å². The molecule has 1 amide bonds. The number of nitrogens with zero attached hydrogens (tertiary/aromatic N) is 1. The largest absolute Gasteiger partial charge is 0.507 e. The van der Waals surface area contributed by atoms with Crippen LogP contribution in [0.3, 0.4) is 0 Å². The maximum absolute atomic E-state index is 13.2. The van der Waals surface area contributed by atoms with Gasteiger partial charge >= 0.3 is 0 Å². The Labute approximate surface area is 189 Å². The van der Waals surface area contributed by atoms with Crippen LogP contribution in [-0.2, 0) is 9.59 Å². The summed E-state index contributed by atoms with van der Waals surface area (Å²) in [5.74, 6) is 0.129. The van der Waals surface area contributed by atoms with E-state index in [0.717, 1.165) is 0 Å². The summed E-state index contributed by atoms with van der Waals surface area (Å²) >= 11 is 0. The van der Waals surface area contributed by atoms with Crippen molar-refractivity contribution in [2.24, 2.45) is 0 Å². The lowest BCUT2D eigenvalue weighted by atomic mass is 9.96. The average Bonchev–Trinajstić information content (AvgIpc) is 3.45. The second-order valence-electron chi connectivity index (χ2n) is 7.69. The molecule has 8 nitrogen and oxygen atoms in total. The first-order valence-electron chi connectivity index (χ1n) is 10.4. The van der Waals surface area contributed by atoms with Crippen LogP contribution in [0, 0.1) is 6.92 Å². The van der Waals surface area contributed by atoms with E-state index in [9.17, 15) is 14.7 Å². The number of carbonyl (C=O) groups is 2. The minimum atomic E-state index is -0.955. The topological polar surface area (TPSA) is 98.4 Å². The van der Waals surface area contributed by atoms with Crippen molar-refractivity contribution in [2.75, 3.05) is 25.2 Å². The average molecular weight is 447 g/mol.